The van der Waals surface area contributed by atoms with E-state index in [0.29, 0.717) is 17.6 Å². The van der Waals surface area contributed by atoms with E-state index in [-0.39, 0.29) is 0 Å². The highest BCUT2D eigenvalue weighted by atomic mass is 32.1. The number of fused-ring (bicyclic) bond motifs is 9. The van der Waals surface area contributed by atoms with Crippen molar-refractivity contribution in [3.8, 4) is 56.7 Å². The molecular formula is C57H35N5S. The van der Waals surface area contributed by atoms with Crippen LogP contribution in [-0.4, -0.2) is 24.1 Å². The van der Waals surface area contributed by atoms with Crippen molar-refractivity contribution in [3.05, 3.63) is 212 Å². The maximum atomic E-state index is 5.38. The minimum Gasteiger partial charge on any atom is -0.309 e. The molecule has 0 saturated heterocycles. The van der Waals surface area contributed by atoms with E-state index in [1.807, 2.05) is 0 Å². The van der Waals surface area contributed by atoms with Crippen LogP contribution in [0.2, 0.25) is 0 Å². The molecule has 0 N–H and O–H groups in total. The first-order chi connectivity index (χ1) is 31.2. The lowest BCUT2D eigenvalue weighted by Crippen LogP contribution is -2.06. The summed E-state index contributed by atoms with van der Waals surface area (Å²) < 4.78 is 7.03. The number of thiophene rings is 1. The van der Waals surface area contributed by atoms with E-state index in [1.54, 1.807) is 11.3 Å². The van der Waals surface area contributed by atoms with Crippen LogP contribution < -0.4 is 0 Å². The molecule has 0 amide bonds. The number of rotatable bonds is 6. The molecule has 0 fully saturated rings. The van der Waals surface area contributed by atoms with Crippen molar-refractivity contribution in [1.29, 1.82) is 0 Å². The SMILES string of the molecule is c1ccc(-c2ccc3c(c2)c2ccccc2n3-c2cccc(-c3nc(-c4ccc5c(c4)sc4ccccc45)nc(-n4c5ccccc5c5cc(-c6ccccc6)ccc54)n3)c2)cc1. The lowest BCUT2D eigenvalue weighted by Gasteiger charge is -2.13. The highest BCUT2D eigenvalue weighted by Crippen LogP contribution is 2.39. The van der Waals surface area contributed by atoms with Gasteiger partial charge < -0.3 is 4.57 Å². The Bertz CT molecular complexity index is 3920. The minimum atomic E-state index is 0.570. The van der Waals surface area contributed by atoms with Crippen LogP contribution in [0.5, 0.6) is 0 Å². The molecule has 294 valence electrons. The van der Waals surface area contributed by atoms with Crippen LogP contribution in [0.3, 0.4) is 0 Å². The lowest BCUT2D eigenvalue weighted by atomic mass is 10.0. The van der Waals surface area contributed by atoms with Crippen LogP contribution in [0.1, 0.15) is 0 Å². The summed E-state index contributed by atoms with van der Waals surface area (Å²) in [6, 6.07) is 75.7. The number of hydrogen-bond donors (Lipinski definition) is 0. The number of aromatic nitrogens is 5. The molecule has 0 aliphatic rings. The molecule has 13 rings (SSSR count). The molecule has 6 heteroatoms. The summed E-state index contributed by atoms with van der Waals surface area (Å²) >= 11 is 1.80. The van der Waals surface area contributed by atoms with Crippen molar-refractivity contribution in [2.75, 3.05) is 0 Å². The van der Waals surface area contributed by atoms with Crippen molar-refractivity contribution < 1.29 is 0 Å². The maximum absolute atomic E-state index is 5.38. The Kier molecular flexibility index (Phi) is 8.01. The Balaban J connectivity index is 1.02. The Morgan fingerprint density at radius 3 is 1.44 bits per heavy atom. The van der Waals surface area contributed by atoms with Gasteiger partial charge in [0, 0.05) is 58.5 Å². The Labute approximate surface area is 366 Å². The average Bonchev–Trinajstić information content (AvgIpc) is 4.01. The number of para-hydroxylation sites is 2. The molecular weight excluding hydrogens is 787 g/mol. The second-order valence-electron chi connectivity index (χ2n) is 16.0. The van der Waals surface area contributed by atoms with Gasteiger partial charge in [0.25, 0.3) is 0 Å². The number of benzene rings is 9. The minimum absolute atomic E-state index is 0.570. The monoisotopic (exact) mass is 821 g/mol. The first-order valence-corrected chi connectivity index (χ1v) is 22.0. The van der Waals surface area contributed by atoms with E-state index < -0.39 is 0 Å². The molecule has 4 heterocycles. The summed E-state index contributed by atoms with van der Waals surface area (Å²) in [6.07, 6.45) is 0. The molecule has 0 spiro atoms. The van der Waals surface area contributed by atoms with Crippen LogP contribution in [-0.2, 0) is 0 Å². The number of hydrogen-bond acceptors (Lipinski definition) is 4. The van der Waals surface area contributed by atoms with E-state index in [2.05, 4.69) is 221 Å². The maximum Gasteiger partial charge on any atom is 0.238 e. The van der Waals surface area contributed by atoms with Crippen LogP contribution in [0.15, 0.2) is 212 Å². The van der Waals surface area contributed by atoms with Gasteiger partial charge in [-0.25, -0.2) is 4.98 Å². The highest BCUT2D eigenvalue weighted by molar-refractivity contribution is 7.25. The predicted molar refractivity (Wildman–Crippen MR) is 263 cm³/mol. The summed E-state index contributed by atoms with van der Waals surface area (Å²) in [5.41, 5.74) is 12.0. The molecule has 0 aliphatic carbocycles. The zero-order valence-corrected chi connectivity index (χ0v) is 34.7. The molecule has 0 bridgehead atoms. The van der Waals surface area contributed by atoms with Gasteiger partial charge in [0.05, 0.1) is 22.1 Å². The predicted octanol–water partition coefficient (Wildman–Crippen LogP) is 15.1. The van der Waals surface area contributed by atoms with Gasteiger partial charge in [0.15, 0.2) is 11.6 Å². The van der Waals surface area contributed by atoms with Crippen molar-refractivity contribution in [1.82, 2.24) is 24.1 Å². The van der Waals surface area contributed by atoms with Crippen LogP contribution >= 0.6 is 11.3 Å². The fourth-order valence-corrected chi connectivity index (χ4v) is 10.6. The summed E-state index contributed by atoms with van der Waals surface area (Å²) in [5, 5.41) is 7.20. The second kappa shape index (κ2) is 14.2. The topological polar surface area (TPSA) is 48.5 Å². The smallest absolute Gasteiger partial charge is 0.238 e. The largest absolute Gasteiger partial charge is 0.309 e. The quantitative estimate of drug-likeness (QED) is 0.168. The Morgan fingerprint density at radius 2 is 0.778 bits per heavy atom. The third-order valence-corrected chi connectivity index (χ3v) is 13.5. The summed E-state index contributed by atoms with van der Waals surface area (Å²) in [5.74, 6) is 1.80. The van der Waals surface area contributed by atoms with Gasteiger partial charge in [0.2, 0.25) is 5.95 Å². The van der Waals surface area contributed by atoms with Gasteiger partial charge in [-0.15, -0.1) is 11.3 Å². The van der Waals surface area contributed by atoms with E-state index in [9.17, 15) is 0 Å². The van der Waals surface area contributed by atoms with Gasteiger partial charge in [-0.1, -0.05) is 152 Å². The van der Waals surface area contributed by atoms with Crippen LogP contribution in [0, 0.1) is 0 Å². The molecule has 0 atom stereocenters. The molecule has 0 saturated carbocycles. The van der Waals surface area contributed by atoms with Crippen LogP contribution in [0.25, 0.3) is 120 Å². The molecule has 63 heavy (non-hydrogen) atoms. The molecule has 0 radical (unpaired) electrons. The Hall–Kier alpha value is -8.19. The van der Waals surface area contributed by atoms with E-state index >= 15 is 0 Å². The first-order valence-electron chi connectivity index (χ1n) is 21.2. The van der Waals surface area contributed by atoms with Gasteiger partial charge in [0.1, 0.15) is 0 Å². The van der Waals surface area contributed by atoms with Gasteiger partial charge in [-0.2, -0.15) is 9.97 Å². The Morgan fingerprint density at radius 1 is 0.286 bits per heavy atom. The van der Waals surface area contributed by atoms with E-state index in [4.69, 9.17) is 15.0 Å². The normalized spacial score (nSPS) is 11.8. The average molecular weight is 822 g/mol. The number of nitrogens with zero attached hydrogens (tertiary/aromatic N) is 5. The third kappa shape index (κ3) is 5.80. The van der Waals surface area contributed by atoms with Gasteiger partial charge >= 0.3 is 0 Å². The second-order valence-corrected chi connectivity index (χ2v) is 17.1. The zero-order valence-electron chi connectivity index (χ0n) is 33.9. The zero-order chi connectivity index (χ0) is 41.4. The van der Waals surface area contributed by atoms with Crippen molar-refractivity contribution in [2.24, 2.45) is 0 Å². The molecule has 9 aromatic carbocycles. The van der Waals surface area contributed by atoms with E-state index in [1.165, 1.54) is 47.6 Å². The van der Waals surface area contributed by atoms with E-state index in [0.717, 1.165) is 55.2 Å². The first kappa shape index (κ1) is 35.6. The lowest BCUT2D eigenvalue weighted by molar-refractivity contribution is 0.953. The fourth-order valence-electron chi connectivity index (χ4n) is 9.43. The third-order valence-electron chi connectivity index (χ3n) is 12.4. The standard InChI is InChI=1S/C57H35N5S/c1-3-14-36(15-4-1)38-27-30-51-47(33-38)43-20-7-10-23-49(43)61(51)42-19-13-18-40(32-42)55-58-56(41-26-29-46-45-22-9-12-25-53(45)63-54(46)35-41)60-57(59-55)62-50-24-11-8-21-44(50)48-34-39(28-31-52(48)62)37-16-5-2-6-17-37/h1-35H. The highest BCUT2D eigenvalue weighted by Gasteiger charge is 2.20. The van der Waals surface area contributed by atoms with Gasteiger partial charge in [-0.05, 0) is 82.9 Å². The fraction of sp³-hybridized carbons (Fsp3) is 0. The van der Waals surface area contributed by atoms with Crippen LogP contribution in [0.4, 0.5) is 0 Å². The summed E-state index contributed by atoms with van der Waals surface area (Å²) in [7, 11) is 0. The summed E-state index contributed by atoms with van der Waals surface area (Å²) in [4.78, 5) is 16.0. The molecule has 0 aliphatic heterocycles. The molecule has 5 nitrogen and oxygen atoms in total. The molecule has 0 unspecified atom stereocenters. The van der Waals surface area contributed by atoms with Gasteiger partial charge in [-0.3, -0.25) is 4.57 Å². The van der Waals surface area contributed by atoms with Crippen molar-refractivity contribution in [2.45, 2.75) is 0 Å². The molecule has 4 aromatic heterocycles. The summed E-state index contributed by atoms with van der Waals surface area (Å²) in [6.45, 7) is 0. The van der Waals surface area contributed by atoms with Crippen molar-refractivity contribution in [3.63, 3.8) is 0 Å². The molecule has 13 aromatic rings. The van der Waals surface area contributed by atoms with Crippen molar-refractivity contribution >= 4 is 75.1 Å².